The minimum Gasteiger partial charge on any atom is -0.489 e. The summed E-state index contributed by atoms with van der Waals surface area (Å²) in [6, 6.07) is 24.2. The monoisotopic (exact) mass is 491 g/mol. The number of fused-ring (bicyclic) bond motifs is 2. The summed E-state index contributed by atoms with van der Waals surface area (Å²) in [4.78, 5) is 29.1. The fraction of sp³-hybridized carbons (Fsp3) is 0.161. The topological polar surface area (TPSA) is 72.9 Å². The van der Waals surface area contributed by atoms with E-state index in [1.165, 1.54) is 0 Å². The third-order valence-electron chi connectivity index (χ3n) is 6.75. The first-order valence-corrected chi connectivity index (χ1v) is 12.2. The maximum absolute atomic E-state index is 13.8. The molecule has 6 nitrogen and oxygen atoms in total. The van der Waals surface area contributed by atoms with Crippen molar-refractivity contribution in [2.24, 2.45) is 0 Å². The summed E-state index contributed by atoms with van der Waals surface area (Å²) >= 11 is 0. The molecule has 6 rings (SSSR count). The molecule has 3 heterocycles. The van der Waals surface area contributed by atoms with Crippen molar-refractivity contribution in [3.05, 3.63) is 135 Å². The van der Waals surface area contributed by atoms with Crippen molar-refractivity contribution in [3.8, 4) is 5.75 Å². The number of aryl methyl sites for hydroxylation is 2. The molecule has 0 aliphatic carbocycles. The predicted octanol–water partition coefficient (Wildman–Crippen LogP) is 6.33. The van der Waals surface area contributed by atoms with Crippen LogP contribution in [0.15, 0.2) is 98.8 Å². The van der Waals surface area contributed by atoms with Gasteiger partial charge in [-0.15, -0.1) is 0 Å². The van der Waals surface area contributed by atoms with Crippen molar-refractivity contribution in [1.29, 1.82) is 0 Å². The van der Waals surface area contributed by atoms with Crippen LogP contribution in [-0.4, -0.2) is 10.8 Å². The van der Waals surface area contributed by atoms with E-state index in [4.69, 9.17) is 13.6 Å². The van der Waals surface area contributed by atoms with E-state index < -0.39 is 6.04 Å². The Morgan fingerprint density at radius 2 is 1.70 bits per heavy atom. The lowest BCUT2D eigenvalue weighted by atomic mass is 9.97. The maximum Gasteiger partial charge on any atom is 0.291 e. The molecule has 0 saturated heterocycles. The van der Waals surface area contributed by atoms with Gasteiger partial charge in [-0.3, -0.25) is 9.59 Å². The van der Waals surface area contributed by atoms with Gasteiger partial charge >= 0.3 is 0 Å². The Morgan fingerprint density at radius 1 is 0.919 bits per heavy atom. The lowest BCUT2D eigenvalue weighted by Gasteiger charge is -2.24. The van der Waals surface area contributed by atoms with Crippen LogP contribution in [0, 0.1) is 13.8 Å². The number of benzene rings is 3. The fourth-order valence-electron chi connectivity index (χ4n) is 5.04. The minimum absolute atomic E-state index is 0.0883. The van der Waals surface area contributed by atoms with Crippen LogP contribution < -0.4 is 10.2 Å². The summed E-state index contributed by atoms with van der Waals surface area (Å²) in [5.41, 5.74) is 4.27. The third-order valence-corrected chi connectivity index (χ3v) is 6.75. The summed E-state index contributed by atoms with van der Waals surface area (Å²) in [6.07, 6.45) is 1.57. The number of hydrogen-bond acceptors (Lipinski definition) is 5. The largest absolute Gasteiger partial charge is 0.489 e. The first-order valence-electron chi connectivity index (χ1n) is 12.2. The van der Waals surface area contributed by atoms with Crippen molar-refractivity contribution in [2.75, 3.05) is 0 Å². The molecule has 1 atom stereocenters. The van der Waals surface area contributed by atoms with Crippen molar-refractivity contribution < 1.29 is 18.4 Å². The molecule has 1 aliphatic heterocycles. The van der Waals surface area contributed by atoms with E-state index in [1.807, 2.05) is 86.6 Å². The number of carbonyl (C=O) groups excluding carboxylic acids is 1. The van der Waals surface area contributed by atoms with Crippen LogP contribution in [0.5, 0.6) is 5.75 Å². The van der Waals surface area contributed by atoms with E-state index in [2.05, 4.69) is 0 Å². The van der Waals surface area contributed by atoms with E-state index in [0.29, 0.717) is 34.6 Å². The van der Waals surface area contributed by atoms with Gasteiger partial charge in [0, 0.05) is 0 Å². The van der Waals surface area contributed by atoms with Crippen LogP contribution in [0.2, 0.25) is 0 Å². The molecule has 0 spiro atoms. The maximum atomic E-state index is 13.8. The highest BCUT2D eigenvalue weighted by atomic mass is 16.5. The Bertz CT molecular complexity index is 1650. The van der Waals surface area contributed by atoms with Crippen LogP contribution in [0.1, 0.15) is 50.2 Å². The summed E-state index contributed by atoms with van der Waals surface area (Å²) in [7, 11) is 0. The quantitative estimate of drug-likeness (QED) is 0.278. The van der Waals surface area contributed by atoms with Gasteiger partial charge in [0.25, 0.3) is 5.91 Å². The Balaban J connectivity index is 1.42. The molecular weight excluding hydrogens is 466 g/mol. The third kappa shape index (κ3) is 4.10. The molecule has 1 aliphatic rings. The Kier molecular flexibility index (Phi) is 5.64. The van der Waals surface area contributed by atoms with E-state index in [9.17, 15) is 9.59 Å². The Labute approximate surface area is 213 Å². The zero-order valence-electron chi connectivity index (χ0n) is 20.6. The van der Waals surface area contributed by atoms with Crippen molar-refractivity contribution in [3.63, 3.8) is 0 Å². The molecule has 37 heavy (non-hydrogen) atoms. The molecule has 184 valence electrons. The molecule has 0 fully saturated rings. The van der Waals surface area contributed by atoms with Crippen LogP contribution >= 0.6 is 0 Å². The summed E-state index contributed by atoms with van der Waals surface area (Å²) in [5, 5.41) is 0.483. The van der Waals surface area contributed by atoms with Crippen molar-refractivity contribution in [1.82, 2.24) is 4.90 Å². The van der Waals surface area contributed by atoms with Gasteiger partial charge in [-0.25, -0.2) is 0 Å². The molecule has 1 unspecified atom stereocenters. The van der Waals surface area contributed by atoms with Gasteiger partial charge in [0.2, 0.25) is 5.76 Å². The minimum atomic E-state index is -0.614. The molecular formula is C31H25NO5. The number of amides is 1. The number of hydrogen-bond donors (Lipinski definition) is 0. The number of rotatable bonds is 6. The smallest absolute Gasteiger partial charge is 0.291 e. The van der Waals surface area contributed by atoms with E-state index in [-0.39, 0.29) is 23.6 Å². The first-order chi connectivity index (χ1) is 18.0. The summed E-state index contributed by atoms with van der Waals surface area (Å²) in [6.45, 7) is 4.49. The van der Waals surface area contributed by atoms with Crippen LogP contribution in [0.25, 0.3) is 11.0 Å². The van der Waals surface area contributed by atoms with Crippen molar-refractivity contribution >= 4 is 16.9 Å². The first kappa shape index (κ1) is 22.9. The van der Waals surface area contributed by atoms with Crippen LogP contribution in [0.4, 0.5) is 0 Å². The number of carbonyl (C=O) groups is 1. The summed E-state index contributed by atoms with van der Waals surface area (Å²) in [5.74, 6) is 1.08. The SMILES string of the molecule is Cc1cc(C)c2oc3c(c(=O)c2c1)C(c1ccc(OCc2ccccc2)cc1)N(Cc1ccco1)C3=O. The second-order valence-electron chi connectivity index (χ2n) is 9.39. The normalized spacial score (nSPS) is 14.8. The molecule has 0 bridgehead atoms. The zero-order chi connectivity index (χ0) is 25.5. The summed E-state index contributed by atoms with van der Waals surface area (Å²) < 4.78 is 17.6. The molecule has 3 aromatic carbocycles. The van der Waals surface area contributed by atoms with Gasteiger partial charge in [0.05, 0.1) is 29.8 Å². The molecule has 0 radical (unpaired) electrons. The lowest BCUT2D eigenvalue weighted by Crippen LogP contribution is -2.29. The number of nitrogens with zero attached hydrogens (tertiary/aromatic N) is 1. The zero-order valence-corrected chi connectivity index (χ0v) is 20.6. The van der Waals surface area contributed by atoms with Gasteiger partial charge in [-0.05, 0) is 66.4 Å². The van der Waals surface area contributed by atoms with Gasteiger partial charge in [0.1, 0.15) is 23.7 Å². The molecule has 1 amide bonds. The number of furan rings is 1. The van der Waals surface area contributed by atoms with E-state index >= 15 is 0 Å². The molecule has 6 heteroatoms. The van der Waals surface area contributed by atoms with Gasteiger partial charge in [-0.2, -0.15) is 0 Å². The average Bonchev–Trinajstić information content (AvgIpc) is 3.52. The average molecular weight is 492 g/mol. The van der Waals surface area contributed by atoms with Crippen LogP contribution in [0.3, 0.4) is 0 Å². The molecule has 0 saturated carbocycles. The highest BCUT2D eigenvalue weighted by molar-refractivity contribution is 5.99. The standard InChI is InChI=1S/C31H25NO5/c1-19-15-20(2)29-25(16-19)28(33)26-27(32(31(34)30(26)37-29)17-24-9-6-14-35-24)22-10-12-23(13-11-22)36-18-21-7-4-3-5-8-21/h3-16,27H,17-18H2,1-2H3. The fourth-order valence-corrected chi connectivity index (χ4v) is 5.04. The van der Waals surface area contributed by atoms with E-state index in [0.717, 1.165) is 22.3 Å². The highest BCUT2D eigenvalue weighted by Gasteiger charge is 2.43. The highest BCUT2D eigenvalue weighted by Crippen LogP contribution is 2.40. The second kappa shape index (κ2) is 9.13. The van der Waals surface area contributed by atoms with Gasteiger partial charge in [-0.1, -0.05) is 48.5 Å². The van der Waals surface area contributed by atoms with E-state index in [1.54, 1.807) is 17.2 Å². The number of ether oxygens (including phenoxy) is 1. The Morgan fingerprint density at radius 3 is 2.43 bits per heavy atom. The van der Waals surface area contributed by atoms with Crippen molar-refractivity contribution in [2.45, 2.75) is 33.0 Å². The van der Waals surface area contributed by atoms with Crippen LogP contribution in [-0.2, 0) is 13.2 Å². The van der Waals surface area contributed by atoms with Gasteiger partial charge < -0.3 is 18.5 Å². The molecule has 0 N–H and O–H groups in total. The molecule has 5 aromatic rings. The van der Waals surface area contributed by atoms with Gasteiger partial charge in [0.15, 0.2) is 5.43 Å². The Hall–Kier alpha value is -4.58. The lowest BCUT2D eigenvalue weighted by molar-refractivity contribution is 0.0701. The molecule has 2 aromatic heterocycles. The second-order valence-corrected chi connectivity index (χ2v) is 9.39. The predicted molar refractivity (Wildman–Crippen MR) is 140 cm³/mol.